The molecule has 2 aliphatic rings. The van der Waals surface area contributed by atoms with E-state index in [-0.39, 0.29) is 42.3 Å². The van der Waals surface area contributed by atoms with Crippen LogP contribution in [-0.4, -0.2) is 46.1 Å². The summed E-state index contributed by atoms with van der Waals surface area (Å²) in [6.45, 7) is -1.72. The van der Waals surface area contributed by atoms with Crippen molar-refractivity contribution in [2.45, 2.75) is 25.2 Å². The van der Waals surface area contributed by atoms with Crippen LogP contribution in [0.2, 0.25) is 0 Å². The van der Waals surface area contributed by atoms with Crippen molar-refractivity contribution in [3.63, 3.8) is 0 Å². The number of likely N-dealkylation sites (tertiary alicyclic amines) is 1. The van der Waals surface area contributed by atoms with Crippen LogP contribution in [0, 0.1) is 16.0 Å². The zero-order chi connectivity index (χ0) is 18.2. The van der Waals surface area contributed by atoms with Crippen LogP contribution in [0.1, 0.15) is 12.0 Å². The van der Waals surface area contributed by atoms with Crippen molar-refractivity contribution < 1.29 is 22.9 Å². The lowest BCUT2D eigenvalue weighted by molar-refractivity contribution is -0.385. The third kappa shape index (κ3) is 3.81. The number of halogens is 3. The highest BCUT2D eigenvalue weighted by Gasteiger charge is 2.42. The number of alkyl halides is 3. The molecule has 2 bridgehead atoms. The summed E-state index contributed by atoms with van der Waals surface area (Å²) >= 11 is 0. The lowest BCUT2D eigenvalue weighted by Gasteiger charge is -2.32. The van der Waals surface area contributed by atoms with E-state index in [1.165, 1.54) is 23.1 Å². The summed E-state index contributed by atoms with van der Waals surface area (Å²) in [5, 5.41) is 11.1. The molecule has 1 heterocycles. The van der Waals surface area contributed by atoms with Crippen LogP contribution in [0.25, 0.3) is 0 Å². The standard InChI is InChI=1S/C16H16F3N3O3/c17-16(18,19)9-20(8-12-3-1-2-4-14(12)22(24)25)10-21-13-6-5-11(7-13)15(21)23/h1-6,11,13H,7-10H2. The Morgan fingerprint density at radius 3 is 2.60 bits per heavy atom. The van der Waals surface area contributed by atoms with E-state index in [1.54, 1.807) is 12.1 Å². The number of hydrogen-bond acceptors (Lipinski definition) is 4. The number of fused-ring (bicyclic) bond motifs is 2. The largest absolute Gasteiger partial charge is 0.401 e. The minimum atomic E-state index is -4.47. The Bertz CT molecular complexity index is 720. The number of nitro benzene ring substituents is 1. The van der Waals surface area contributed by atoms with Crippen LogP contribution in [0.3, 0.4) is 0 Å². The Kier molecular flexibility index (Phi) is 4.51. The molecule has 2 atom stereocenters. The number of hydrogen-bond donors (Lipinski definition) is 0. The van der Waals surface area contributed by atoms with E-state index >= 15 is 0 Å². The van der Waals surface area contributed by atoms with Crippen molar-refractivity contribution in [3.8, 4) is 0 Å². The van der Waals surface area contributed by atoms with Gasteiger partial charge in [0.2, 0.25) is 5.91 Å². The van der Waals surface area contributed by atoms with Gasteiger partial charge < -0.3 is 4.90 Å². The lowest BCUT2D eigenvalue weighted by Crippen LogP contribution is -2.46. The van der Waals surface area contributed by atoms with Gasteiger partial charge in [0.05, 0.1) is 30.1 Å². The minimum Gasteiger partial charge on any atom is -0.323 e. The molecule has 0 aromatic heterocycles. The van der Waals surface area contributed by atoms with Crippen molar-refractivity contribution in [2.75, 3.05) is 13.2 Å². The van der Waals surface area contributed by atoms with E-state index < -0.39 is 17.6 Å². The molecule has 1 aliphatic heterocycles. The smallest absolute Gasteiger partial charge is 0.323 e. The van der Waals surface area contributed by atoms with Crippen LogP contribution in [0.15, 0.2) is 36.4 Å². The molecular weight excluding hydrogens is 339 g/mol. The number of para-hydroxylation sites is 1. The molecule has 0 saturated carbocycles. The van der Waals surface area contributed by atoms with Gasteiger partial charge in [0.25, 0.3) is 5.69 Å². The fourth-order valence-electron chi connectivity index (χ4n) is 3.33. The van der Waals surface area contributed by atoms with Gasteiger partial charge in [-0.25, -0.2) is 0 Å². The number of rotatable bonds is 6. The zero-order valence-corrected chi connectivity index (χ0v) is 13.1. The first-order chi connectivity index (χ1) is 11.7. The number of nitrogens with zero attached hydrogens (tertiary/aromatic N) is 3. The molecule has 134 valence electrons. The Morgan fingerprint density at radius 2 is 2.00 bits per heavy atom. The first kappa shape index (κ1) is 17.4. The molecule has 1 aliphatic carbocycles. The third-order valence-electron chi connectivity index (χ3n) is 4.40. The first-order valence-corrected chi connectivity index (χ1v) is 7.75. The van der Waals surface area contributed by atoms with Gasteiger partial charge in [-0.2, -0.15) is 13.2 Å². The van der Waals surface area contributed by atoms with Crippen LogP contribution < -0.4 is 0 Å². The predicted octanol–water partition coefficient (Wildman–Crippen LogP) is 2.70. The number of benzene rings is 1. The molecule has 9 heteroatoms. The van der Waals surface area contributed by atoms with Gasteiger partial charge in [-0.05, 0) is 6.42 Å². The van der Waals surface area contributed by atoms with Crippen molar-refractivity contribution in [2.24, 2.45) is 5.92 Å². The molecule has 0 radical (unpaired) electrons. The summed E-state index contributed by atoms with van der Waals surface area (Å²) in [6.07, 6.45) is -0.284. The Labute approximate surface area is 141 Å². The molecule has 1 aromatic rings. The number of carbonyl (C=O) groups is 1. The highest BCUT2D eigenvalue weighted by molar-refractivity contribution is 5.85. The fourth-order valence-corrected chi connectivity index (χ4v) is 3.33. The molecule has 6 nitrogen and oxygen atoms in total. The van der Waals surface area contributed by atoms with Crippen molar-refractivity contribution in [3.05, 3.63) is 52.1 Å². The highest BCUT2D eigenvalue weighted by Crippen LogP contribution is 2.33. The van der Waals surface area contributed by atoms with Gasteiger partial charge in [-0.1, -0.05) is 30.4 Å². The normalized spacial score (nSPS) is 22.2. The first-order valence-electron chi connectivity index (χ1n) is 7.75. The highest BCUT2D eigenvalue weighted by atomic mass is 19.4. The number of nitro groups is 1. The summed E-state index contributed by atoms with van der Waals surface area (Å²) in [6, 6.07) is 5.49. The second kappa shape index (κ2) is 6.47. The van der Waals surface area contributed by atoms with Gasteiger partial charge >= 0.3 is 6.18 Å². The van der Waals surface area contributed by atoms with E-state index in [4.69, 9.17) is 0 Å². The maximum absolute atomic E-state index is 12.9. The minimum absolute atomic E-state index is 0.184. The van der Waals surface area contributed by atoms with Crippen LogP contribution in [-0.2, 0) is 11.3 Å². The van der Waals surface area contributed by atoms with E-state index in [0.29, 0.717) is 6.42 Å². The summed E-state index contributed by atoms with van der Waals surface area (Å²) in [5.74, 6) is -0.453. The summed E-state index contributed by atoms with van der Waals surface area (Å²) in [4.78, 5) is 25.0. The number of amides is 1. The topological polar surface area (TPSA) is 66.7 Å². The van der Waals surface area contributed by atoms with Crippen LogP contribution in [0.5, 0.6) is 0 Å². The van der Waals surface area contributed by atoms with E-state index in [0.717, 1.165) is 4.90 Å². The zero-order valence-electron chi connectivity index (χ0n) is 13.1. The molecule has 1 saturated heterocycles. The van der Waals surface area contributed by atoms with Crippen LogP contribution >= 0.6 is 0 Å². The molecule has 0 N–H and O–H groups in total. The lowest BCUT2D eigenvalue weighted by atomic mass is 10.1. The predicted molar refractivity (Wildman–Crippen MR) is 82.3 cm³/mol. The summed E-state index contributed by atoms with van der Waals surface area (Å²) < 4.78 is 38.8. The van der Waals surface area contributed by atoms with Gasteiger partial charge in [0.15, 0.2) is 0 Å². The van der Waals surface area contributed by atoms with Gasteiger partial charge in [-0.15, -0.1) is 0 Å². The van der Waals surface area contributed by atoms with E-state index in [9.17, 15) is 28.1 Å². The molecular formula is C16H16F3N3O3. The molecule has 1 aromatic carbocycles. The Hall–Kier alpha value is -2.42. The second-order valence-corrected chi connectivity index (χ2v) is 6.23. The molecule has 1 amide bonds. The number of carbonyl (C=O) groups excluding carboxylic acids is 1. The summed E-state index contributed by atoms with van der Waals surface area (Å²) in [7, 11) is 0. The Balaban J connectivity index is 1.80. The molecule has 25 heavy (non-hydrogen) atoms. The monoisotopic (exact) mass is 355 g/mol. The van der Waals surface area contributed by atoms with Crippen molar-refractivity contribution in [1.29, 1.82) is 0 Å². The average Bonchev–Trinajstić information content (AvgIpc) is 3.09. The third-order valence-corrected chi connectivity index (χ3v) is 4.40. The molecule has 3 rings (SSSR count). The maximum atomic E-state index is 12.9. The molecule has 1 fully saturated rings. The van der Waals surface area contributed by atoms with Crippen LogP contribution in [0.4, 0.5) is 18.9 Å². The van der Waals surface area contributed by atoms with Crippen molar-refractivity contribution in [1.82, 2.24) is 9.80 Å². The average molecular weight is 355 g/mol. The summed E-state index contributed by atoms with van der Waals surface area (Å²) in [5.41, 5.74) is -0.0482. The molecule has 0 spiro atoms. The Morgan fingerprint density at radius 1 is 1.28 bits per heavy atom. The quantitative estimate of drug-likeness (QED) is 0.447. The van der Waals surface area contributed by atoms with Gasteiger partial charge in [0, 0.05) is 18.2 Å². The maximum Gasteiger partial charge on any atom is 0.401 e. The SMILES string of the molecule is O=C1C2C=CC(C2)N1CN(Cc1ccccc1[N+](=O)[O-])CC(F)(F)F. The van der Waals surface area contributed by atoms with Crippen molar-refractivity contribution >= 4 is 11.6 Å². The second-order valence-electron chi connectivity index (χ2n) is 6.23. The van der Waals surface area contributed by atoms with Gasteiger partial charge in [0.1, 0.15) is 0 Å². The fraction of sp³-hybridized carbons (Fsp3) is 0.438. The van der Waals surface area contributed by atoms with E-state index in [1.807, 2.05) is 6.08 Å². The van der Waals surface area contributed by atoms with Gasteiger partial charge in [-0.3, -0.25) is 19.8 Å². The molecule has 2 unspecified atom stereocenters. The van der Waals surface area contributed by atoms with E-state index in [2.05, 4.69) is 0 Å².